The van der Waals surface area contributed by atoms with Crippen molar-refractivity contribution in [3.63, 3.8) is 0 Å². The van der Waals surface area contributed by atoms with Gasteiger partial charge in [0.1, 0.15) is 0 Å². The maximum Gasteiger partial charge on any atom is 0.275 e. The first kappa shape index (κ1) is 19.1. The Labute approximate surface area is 171 Å². The zero-order chi connectivity index (χ0) is 19.7. The fourth-order valence-electron chi connectivity index (χ4n) is 3.52. The van der Waals surface area contributed by atoms with Crippen LogP contribution in [0.1, 0.15) is 22.3 Å². The van der Waals surface area contributed by atoms with Gasteiger partial charge in [0, 0.05) is 49.5 Å². The highest BCUT2D eigenvalue weighted by molar-refractivity contribution is 7.16. The summed E-state index contributed by atoms with van der Waals surface area (Å²) in [6.45, 7) is 6.01. The molecule has 1 aromatic carbocycles. The van der Waals surface area contributed by atoms with E-state index in [2.05, 4.69) is 16.1 Å². The lowest BCUT2D eigenvalue weighted by atomic mass is 10.1. The van der Waals surface area contributed by atoms with Crippen LogP contribution in [0.2, 0.25) is 4.34 Å². The summed E-state index contributed by atoms with van der Waals surface area (Å²) in [5.41, 5.74) is 0.199. The maximum atomic E-state index is 13.2. The molecule has 1 aliphatic heterocycles. The third kappa shape index (κ3) is 3.70. The third-order valence-corrected chi connectivity index (χ3v) is 6.25. The van der Waals surface area contributed by atoms with Gasteiger partial charge in [-0.05, 0) is 25.1 Å². The van der Waals surface area contributed by atoms with Crippen molar-refractivity contribution in [3.05, 3.63) is 61.7 Å². The van der Waals surface area contributed by atoms with Gasteiger partial charge in [-0.25, -0.2) is 4.68 Å². The molecule has 1 fully saturated rings. The predicted octanol–water partition coefficient (Wildman–Crippen LogP) is 3.09. The molecule has 3 heterocycles. The summed E-state index contributed by atoms with van der Waals surface area (Å²) in [5.74, 6) is -0.114. The molecule has 6 nitrogen and oxygen atoms in total. The standard InChI is InChI=1S/C20H21ClN4O2S/c1-2-25-19(26)16-6-4-3-5-15(16)18(22-25)20(27)24-11-9-23(10-12-24)13-14-7-8-17(21)28-14/h3-8H,2,9-13H2,1H3. The van der Waals surface area contributed by atoms with Gasteiger partial charge in [-0.15, -0.1) is 11.3 Å². The molecule has 2 aromatic heterocycles. The van der Waals surface area contributed by atoms with Crippen molar-refractivity contribution < 1.29 is 4.79 Å². The van der Waals surface area contributed by atoms with Gasteiger partial charge in [-0.1, -0.05) is 29.8 Å². The molecule has 0 saturated carbocycles. The molecule has 0 bridgehead atoms. The second-order valence-electron chi connectivity index (χ2n) is 6.79. The van der Waals surface area contributed by atoms with Crippen LogP contribution in [0.25, 0.3) is 10.8 Å². The van der Waals surface area contributed by atoms with Crippen molar-refractivity contribution in [2.75, 3.05) is 26.2 Å². The number of aryl methyl sites for hydroxylation is 1. The number of fused-ring (bicyclic) bond motifs is 1. The van der Waals surface area contributed by atoms with E-state index in [1.807, 2.05) is 30.0 Å². The summed E-state index contributed by atoms with van der Waals surface area (Å²) < 4.78 is 2.17. The van der Waals surface area contributed by atoms with Crippen LogP contribution in [0.5, 0.6) is 0 Å². The van der Waals surface area contributed by atoms with Crippen LogP contribution in [-0.4, -0.2) is 51.7 Å². The number of carbonyl (C=O) groups excluding carboxylic acids is 1. The first-order valence-electron chi connectivity index (χ1n) is 9.32. The molecular formula is C20H21ClN4O2S. The third-order valence-electron chi connectivity index (χ3n) is 5.04. The number of amides is 1. The van der Waals surface area contributed by atoms with Crippen LogP contribution in [-0.2, 0) is 13.1 Å². The number of halogens is 1. The van der Waals surface area contributed by atoms with E-state index in [0.29, 0.717) is 36.1 Å². The fraction of sp³-hybridized carbons (Fsp3) is 0.350. The lowest BCUT2D eigenvalue weighted by Gasteiger charge is -2.34. The summed E-state index contributed by atoms with van der Waals surface area (Å²) in [5, 5.41) is 5.53. The number of carbonyl (C=O) groups is 1. The van der Waals surface area contributed by atoms with E-state index >= 15 is 0 Å². The molecule has 3 aromatic rings. The Kier molecular flexibility index (Phi) is 5.48. The summed E-state index contributed by atoms with van der Waals surface area (Å²) in [6.07, 6.45) is 0. The molecule has 0 radical (unpaired) electrons. The summed E-state index contributed by atoms with van der Waals surface area (Å²) in [6, 6.07) is 11.2. The van der Waals surface area contributed by atoms with Crippen molar-refractivity contribution in [2.24, 2.45) is 0 Å². The topological polar surface area (TPSA) is 58.4 Å². The number of benzene rings is 1. The Morgan fingerprint density at radius 2 is 1.82 bits per heavy atom. The molecule has 0 aliphatic carbocycles. The number of nitrogens with zero attached hydrogens (tertiary/aromatic N) is 4. The van der Waals surface area contributed by atoms with Gasteiger partial charge in [0.15, 0.2) is 5.69 Å². The highest BCUT2D eigenvalue weighted by Gasteiger charge is 2.25. The van der Waals surface area contributed by atoms with Crippen LogP contribution in [0.4, 0.5) is 0 Å². The monoisotopic (exact) mass is 416 g/mol. The number of rotatable bonds is 4. The zero-order valence-corrected chi connectivity index (χ0v) is 17.2. The van der Waals surface area contributed by atoms with Crippen LogP contribution in [0, 0.1) is 0 Å². The smallest absolute Gasteiger partial charge is 0.275 e. The molecule has 28 heavy (non-hydrogen) atoms. The summed E-state index contributed by atoms with van der Waals surface area (Å²) >= 11 is 7.60. The molecule has 4 rings (SSSR count). The second-order valence-corrected chi connectivity index (χ2v) is 8.59. The van der Waals surface area contributed by atoms with E-state index in [1.165, 1.54) is 9.56 Å². The highest BCUT2D eigenvalue weighted by atomic mass is 35.5. The molecule has 0 N–H and O–H groups in total. The number of piperazine rings is 1. The molecular weight excluding hydrogens is 396 g/mol. The van der Waals surface area contributed by atoms with Crippen LogP contribution in [0.15, 0.2) is 41.2 Å². The van der Waals surface area contributed by atoms with Crippen LogP contribution < -0.4 is 5.56 Å². The molecule has 8 heteroatoms. The molecule has 1 aliphatic rings. The highest BCUT2D eigenvalue weighted by Crippen LogP contribution is 2.23. The van der Waals surface area contributed by atoms with Crippen molar-refractivity contribution in [2.45, 2.75) is 20.0 Å². The van der Waals surface area contributed by atoms with E-state index in [1.54, 1.807) is 23.5 Å². The van der Waals surface area contributed by atoms with Gasteiger partial charge in [-0.2, -0.15) is 5.10 Å². The van der Waals surface area contributed by atoms with Crippen LogP contribution in [0.3, 0.4) is 0 Å². The molecule has 0 spiro atoms. The second kappa shape index (κ2) is 8.03. The van der Waals surface area contributed by atoms with Gasteiger partial charge in [-0.3, -0.25) is 14.5 Å². The van der Waals surface area contributed by atoms with Gasteiger partial charge < -0.3 is 4.90 Å². The number of thiophene rings is 1. The Bertz CT molecular complexity index is 1070. The first-order valence-corrected chi connectivity index (χ1v) is 10.5. The normalized spacial score (nSPS) is 15.3. The van der Waals surface area contributed by atoms with E-state index < -0.39 is 0 Å². The van der Waals surface area contributed by atoms with Gasteiger partial charge in [0.2, 0.25) is 0 Å². The Morgan fingerprint density at radius 3 is 2.46 bits per heavy atom. The van der Waals surface area contributed by atoms with Gasteiger partial charge in [0.25, 0.3) is 11.5 Å². The lowest BCUT2D eigenvalue weighted by Crippen LogP contribution is -2.48. The number of hydrogen-bond donors (Lipinski definition) is 0. The molecule has 1 amide bonds. The average molecular weight is 417 g/mol. The number of hydrogen-bond acceptors (Lipinski definition) is 5. The molecule has 146 valence electrons. The molecule has 0 atom stereocenters. The van der Waals surface area contributed by atoms with Crippen molar-refractivity contribution in [1.29, 1.82) is 0 Å². The Morgan fingerprint density at radius 1 is 1.11 bits per heavy atom. The minimum Gasteiger partial charge on any atom is -0.335 e. The lowest BCUT2D eigenvalue weighted by molar-refractivity contribution is 0.0623. The van der Waals surface area contributed by atoms with Gasteiger partial charge in [0.05, 0.1) is 9.72 Å². The van der Waals surface area contributed by atoms with E-state index in [0.717, 1.165) is 24.0 Å². The Hall–Kier alpha value is -2.22. The van der Waals surface area contributed by atoms with Crippen molar-refractivity contribution in [3.8, 4) is 0 Å². The minimum absolute atomic E-state index is 0.114. The maximum absolute atomic E-state index is 13.2. The SMILES string of the molecule is CCn1nc(C(=O)N2CCN(Cc3ccc(Cl)s3)CC2)c2ccccc2c1=O. The number of aromatic nitrogens is 2. The van der Waals surface area contributed by atoms with E-state index in [-0.39, 0.29) is 11.5 Å². The Balaban J connectivity index is 1.53. The largest absolute Gasteiger partial charge is 0.335 e. The van der Waals surface area contributed by atoms with Crippen LogP contribution >= 0.6 is 22.9 Å². The van der Waals surface area contributed by atoms with E-state index in [4.69, 9.17) is 11.6 Å². The molecule has 1 saturated heterocycles. The van der Waals surface area contributed by atoms with E-state index in [9.17, 15) is 9.59 Å². The predicted molar refractivity (Wildman–Crippen MR) is 112 cm³/mol. The zero-order valence-electron chi connectivity index (χ0n) is 15.6. The average Bonchev–Trinajstić information content (AvgIpc) is 3.13. The summed E-state index contributed by atoms with van der Waals surface area (Å²) in [4.78, 5) is 31.0. The van der Waals surface area contributed by atoms with Crippen molar-refractivity contribution in [1.82, 2.24) is 19.6 Å². The summed E-state index contributed by atoms with van der Waals surface area (Å²) in [7, 11) is 0. The quantitative estimate of drug-likeness (QED) is 0.655. The fourth-order valence-corrected chi connectivity index (χ4v) is 4.65. The van der Waals surface area contributed by atoms with Crippen molar-refractivity contribution >= 4 is 39.6 Å². The van der Waals surface area contributed by atoms with Gasteiger partial charge >= 0.3 is 0 Å². The molecule has 0 unspecified atom stereocenters. The first-order chi connectivity index (χ1) is 13.6. The minimum atomic E-state index is -0.158.